The normalized spacial score (nSPS) is 9.67. The zero-order valence-corrected chi connectivity index (χ0v) is 7.54. The van der Waals surface area contributed by atoms with Crippen molar-refractivity contribution in [3.63, 3.8) is 0 Å². The zero-order valence-electron chi connectivity index (χ0n) is 7.54. The lowest BCUT2D eigenvalue weighted by molar-refractivity contribution is -0.479. The number of rotatable bonds is 3. The minimum absolute atomic E-state index is 0.144. The maximum absolute atomic E-state index is 13.1. The van der Waals surface area contributed by atoms with Gasteiger partial charge in [0.15, 0.2) is 0 Å². The molecule has 1 aromatic rings. The summed E-state index contributed by atoms with van der Waals surface area (Å²) < 4.78 is 26.3. The Morgan fingerprint density at radius 3 is 2.33 bits per heavy atom. The van der Waals surface area contributed by atoms with Gasteiger partial charge in [-0.25, -0.2) is 8.78 Å². The molecule has 0 amide bonds. The van der Waals surface area contributed by atoms with E-state index in [0.717, 1.165) is 12.1 Å². The molecule has 0 N–H and O–H groups in total. The zero-order chi connectivity index (χ0) is 11.4. The van der Waals surface area contributed by atoms with Gasteiger partial charge in [-0.05, 0) is 12.1 Å². The summed E-state index contributed by atoms with van der Waals surface area (Å²) in [4.78, 5) is 9.37. The molecule has 78 valence electrons. The Labute approximate surface area is 83.9 Å². The van der Waals surface area contributed by atoms with Gasteiger partial charge < -0.3 is 0 Å². The molecule has 0 spiro atoms. The van der Waals surface area contributed by atoms with Gasteiger partial charge in [0, 0.05) is 16.9 Å². The van der Waals surface area contributed by atoms with Gasteiger partial charge in [0.2, 0.25) is 6.54 Å². The van der Waals surface area contributed by atoms with Gasteiger partial charge in [0.05, 0.1) is 11.6 Å². The fourth-order valence-electron chi connectivity index (χ4n) is 1.11. The first kappa shape index (κ1) is 11.0. The molecule has 0 aliphatic rings. The van der Waals surface area contributed by atoms with Crippen LogP contribution in [0, 0.1) is 33.1 Å². The highest BCUT2D eigenvalue weighted by Crippen LogP contribution is 2.15. The highest BCUT2D eigenvalue weighted by Gasteiger charge is 2.13. The summed E-state index contributed by atoms with van der Waals surface area (Å²) >= 11 is 0. The summed E-state index contributed by atoms with van der Waals surface area (Å²) in [6.07, 6.45) is -0.323. The standard InChI is InChI=1S/C9H6F2N2O2/c10-8-3-6(5-12)4-9(11)7(8)1-2-13(14)15/h3-4H,1-2H2. The summed E-state index contributed by atoms with van der Waals surface area (Å²) in [7, 11) is 0. The summed E-state index contributed by atoms with van der Waals surface area (Å²) in [5.74, 6) is -1.85. The lowest BCUT2D eigenvalue weighted by Crippen LogP contribution is -2.07. The molecule has 0 bridgehead atoms. The van der Waals surface area contributed by atoms with Crippen LogP contribution in [0.15, 0.2) is 12.1 Å². The van der Waals surface area contributed by atoms with Crippen molar-refractivity contribution in [2.24, 2.45) is 0 Å². The van der Waals surface area contributed by atoms with Crippen molar-refractivity contribution in [2.45, 2.75) is 6.42 Å². The average molecular weight is 212 g/mol. The topological polar surface area (TPSA) is 66.9 Å². The molecule has 0 saturated carbocycles. The third kappa shape index (κ3) is 2.71. The number of benzene rings is 1. The van der Waals surface area contributed by atoms with E-state index in [2.05, 4.69) is 0 Å². The van der Waals surface area contributed by atoms with E-state index in [9.17, 15) is 18.9 Å². The number of hydrogen-bond acceptors (Lipinski definition) is 3. The van der Waals surface area contributed by atoms with Gasteiger partial charge >= 0.3 is 0 Å². The van der Waals surface area contributed by atoms with Crippen LogP contribution in [0.5, 0.6) is 0 Å². The minimum atomic E-state index is -0.923. The second-order valence-electron chi connectivity index (χ2n) is 2.84. The predicted octanol–water partition coefficient (Wildman–Crippen LogP) is 1.66. The second-order valence-corrected chi connectivity index (χ2v) is 2.84. The lowest BCUT2D eigenvalue weighted by atomic mass is 10.1. The van der Waals surface area contributed by atoms with Crippen molar-refractivity contribution >= 4 is 0 Å². The van der Waals surface area contributed by atoms with Crippen molar-refractivity contribution in [3.8, 4) is 6.07 Å². The van der Waals surface area contributed by atoms with Gasteiger partial charge in [-0.3, -0.25) is 10.1 Å². The van der Waals surface area contributed by atoms with Crippen LogP contribution in [-0.2, 0) is 6.42 Å². The molecule has 4 nitrogen and oxygen atoms in total. The molecule has 0 aliphatic heterocycles. The van der Waals surface area contributed by atoms with Crippen LogP contribution in [-0.4, -0.2) is 11.5 Å². The fourth-order valence-corrected chi connectivity index (χ4v) is 1.11. The quantitative estimate of drug-likeness (QED) is 0.565. The van der Waals surface area contributed by atoms with E-state index in [1.165, 1.54) is 0 Å². The number of hydrogen-bond donors (Lipinski definition) is 0. The number of halogens is 2. The van der Waals surface area contributed by atoms with Gasteiger partial charge in [0.25, 0.3) is 0 Å². The van der Waals surface area contributed by atoms with E-state index in [4.69, 9.17) is 5.26 Å². The van der Waals surface area contributed by atoms with E-state index < -0.39 is 23.1 Å². The Bertz CT molecular complexity index is 417. The summed E-state index contributed by atoms with van der Waals surface area (Å²) in [6.45, 7) is -0.542. The van der Waals surface area contributed by atoms with Crippen LogP contribution in [0.4, 0.5) is 8.78 Å². The van der Waals surface area contributed by atoms with Crippen LogP contribution in [0.2, 0.25) is 0 Å². The van der Waals surface area contributed by atoms with Crippen molar-refractivity contribution in [1.29, 1.82) is 5.26 Å². The fraction of sp³-hybridized carbons (Fsp3) is 0.222. The molecule has 0 aromatic heterocycles. The molecular formula is C9H6F2N2O2. The Hall–Kier alpha value is -2.03. The van der Waals surface area contributed by atoms with E-state index >= 15 is 0 Å². The van der Waals surface area contributed by atoms with E-state index in [1.807, 2.05) is 0 Å². The molecule has 0 radical (unpaired) electrons. The molecule has 0 atom stereocenters. The molecule has 0 saturated heterocycles. The van der Waals surface area contributed by atoms with Crippen molar-refractivity contribution in [2.75, 3.05) is 6.54 Å². The highest BCUT2D eigenvalue weighted by atomic mass is 19.1. The second kappa shape index (κ2) is 4.46. The largest absolute Gasteiger partial charge is 0.265 e. The predicted molar refractivity (Wildman–Crippen MR) is 46.6 cm³/mol. The Kier molecular flexibility index (Phi) is 3.29. The minimum Gasteiger partial charge on any atom is -0.265 e. The van der Waals surface area contributed by atoms with E-state index in [0.29, 0.717) is 0 Å². The van der Waals surface area contributed by atoms with Crippen molar-refractivity contribution < 1.29 is 13.7 Å². The molecule has 0 aliphatic carbocycles. The molecule has 0 fully saturated rings. The van der Waals surface area contributed by atoms with Gasteiger partial charge in [0.1, 0.15) is 11.6 Å². The first-order valence-corrected chi connectivity index (χ1v) is 4.04. The van der Waals surface area contributed by atoms with Crippen LogP contribution < -0.4 is 0 Å². The van der Waals surface area contributed by atoms with Gasteiger partial charge in [-0.15, -0.1) is 0 Å². The molecule has 0 unspecified atom stereocenters. The SMILES string of the molecule is N#Cc1cc(F)c(CC[N+](=O)[O-])c(F)c1. The van der Waals surface area contributed by atoms with Crippen LogP contribution in [0.3, 0.4) is 0 Å². The van der Waals surface area contributed by atoms with Gasteiger partial charge in [-0.2, -0.15) is 5.26 Å². The third-order valence-corrected chi connectivity index (χ3v) is 1.81. The lowest BCUT2D eigenvalue weighted by Gasteiger charge is -2.02. The molecular weight excluding hydrogens is 206 g/mol. The van der Waals surface area contributed by atoms with Crippen LogP contribution in [0.1, 0.15) is 11.1 Å². The monoisotopic (exact) mass is 212 g/mol. The highest BCUT2D eigenvalue weighted by molar-refractivity contribution is 5.34. The van der Waals surface area contributed by atoms with Crippen LogP contribution in [0.25, 0.3) is 0 Å². The molecule has 1 aromatic carbocycles. The number of nitro groups is 1. The molecule has 15 heavy (non-hydrogen) atoms. The Balaban J connectivity index is 2.99. The summed E-state index contributed by atoms with van der Waals surface area (Å²) in [5, 5.41) is 18.4. The Morgan fingerprint density at radius 2 is 1.93 bits per heavy atom. The first-order chi connectivity index (χ1) is 7.04. The van der Waals surface area contributed by atoms with E-state index in [1.54, 1.807) is 6.07 Å². The Morgan fingerprint density at radius 1 is 1.40 bits per heavy atom. The van der Waals surface area contributed by atoms with E-state index in [-0.39, 0.29) is 17.5 Å². The maximum atomic E-state index is 13.1. The first-order valence-electron chi connectivity index (χ1n) is 4.04. The molecule has 1 rings (SSSR count). The molecule has 0 heterocycles. The van der Waals surface area contributed by atoms with Crippen LogP contribution >= 0.6 is 0 Å². The third-order valence-electron chi connectivity index (χ3n) is 1.81. The maximum Gasteiger partial charge on any atom is 0.208 e. The van der Waals surface area contributed by atoms with Crippen molar-refractivity contribution in [3.05, 3.63) is 45.0 Å². The number of nitrogens with zero attached hydrogens (tertiary/aromatic N) is 2. The smallest absolute Gasteiger partial charge is 0.208 e. The van der Waals surface area contributed by atoms with Gasteiger partial charge in [-0.1, -0.05) is 0 Å². The summed E-state index contributed by atoms with van der Waals surface area (Å²) in [6, 6.07) is 3.31. The summed E-state index contributed by atoms with van der Waals surface area (Å²) in [5.41, 5.74) is -0.499. The molecule has 6 heteroatoms. The average Bonchev–Trinajstić information content (AvgIpc) is 2.15. The van der Waals surface area contributed by atoms with Crippen molar-refractivity contribution in [1.82, 2.24) is 0 Å². The number of nitriles is 1.